The number of ether oxygens (including phenoxy) is 1. The molecule has 2 heterocycles. The van der Waals surface area contributed by atoms with Gasteiger partial charge in [0.25, 0.3) is 5.56 Å². The number of nitrogens with one attached hydrogen (secondary N) is 1. The zero-order valence-corrected chi connectivity index (χ0v) is 9.93. The maximum atomic E-state index is 13.7. The normalized spacial score (nSPS) is 27.6. The Labute approximate surface area is 102 Å². The van der Waals surface area contributed by atoms with E-state index in [1.807, 2.05) is 0 Å². The van der Waals surface area contributed by atoms with E-state index in [1.54, 1.807) is 6.92 Å². The van der Waals surface area contributed by atoms with Gasteiger partial charge in [-0.15, -0.1) is 0 Å². The van der Waals surface area contributed by atoms with Crippen molar-refractivity contribution in [2.45, 2.75) is 38.3 Å². The average molecular weight is 258 g/mol. The number of aromatic amines is 1. The Morgan fingerprint density at radius 2 is 2.33 bits per heavy atom. The highest BCUT2D eigenvalue weighted by atomic mass is 19.1. The Morgan fingerprint density at radius 1 is 1.61 bits per heavy atom. The molecule has 18 heavy (non-hydrogen) atoms. The van der Waals surface area contributed by atoms with Gasteiger partial charge in [-0.2, -0.15) is 0 Å². The number of H-pyrrole nitrogens is 1. The number of rotatable bonds is 3. The molecule has 0 bridgehead atoms. The molecule has 1 aliphatic rings. The van der Waals surface area contributed by atoms with Gasteiger partial charge in [-0.3, -0.25) is 14.3 Å². The molecule has 3 atom stereocenters. The smallest absolute Gasteiger partial charge is 0.330 e. The highest BCUT2D eigenvalue weighted by Gasteiger charge is 2.37. The second-order valence-electron chi connectivity index (χ2n) is 4.26. The van der Waals surface area contributed by atoms with Gasteiger partial charge < -0.3 is 9.84 Å². The van der Waals surface area contributed by atoms with Crippen molar-refractivity contribution in [1.82, 2.24) is 9.55 Å². The molecule has 0 unspecified atom stereocenters. The maximum Gasteiger partial charge on any atom is 0.330 e. The highest BCUT2D eigenvalue weighted by Crippen LogP contribution is 2.29. The number of hydrogen-bond donors (Lipinski definition) is 2. The van der Waals surface area contributed by atoms with Crippen LogP contribution in [0.25, 0.3) is 0 Å². The molecule has 1 aromatic heterocycles. The third-order valence-electron chi connectivity index (χ3n) is 3.03. The van der Waals surface area contributed by atoms with E-state index in [-0.39, 0.29) is 13.0 Å². The first kappa shape index (κ1) is 13.0. The number of aliphatic hydroxyl groups is 1. The fraction of sp³-hybridized carbons (Fsp3) is 0.636. The molecule has 0 aromatic carbocycles. The Morgan fingerprint density at radius 3 is 2.89 bits per heavy atom. The molecule has 1 fully saturated rings. The lowest BCUT2D eigenvalue weighted by Crippen LogP contribution is -2.36. The van der Waals surface area contributed by atoms with Gasteiger partial charge in [0.05, 0.1) is 12.7 Å². The molecule has 7 heteroatoms. The Kier molecular flexibility index (Phi) is 3.63. The predicted molar refractivity (Wildman–Crippen MR) is 61.2 cm³/mol. The first-order chi connectivity index (χ1) is 8.56. The Bertz CT molecular complexity index is 539. The standard InChI is InChI=1S/C11H15FN2O4/c1-2-6-4-14(11(17)13-9(6)16)10-8(12)3-7(5-15)18-10/h4,7-8,10,15H,2-3,5H2,1H3,(H,13,16,17)/t7-,8+,10+/m0/s1. The minimum atomic E-state index is -1.38. The van der Waals surface area contributed by atoms with Crippen molar-refractivity contribution in [3.63, 3.8) is 0 Å². The largest absolute Gasteiger partial charge is 0.394 e. The van der Waals surface area contributed by atoms with Gasteiger partial charge in [0.1, 0.15) is 6.17 Å². The van der Waals surface area contributed by atoms with Crippen LogP contribution < -0.4 is 11.2 Å². The van der Waals surface area contributed by atoms with Crippen molar-refractivity contribution in [2.24, 2.45) is 0 Å². The summed E-state index contributed by atoms with van der Waals surface area (Å²) in [6.07, 6.45) is -1.30. The summed E-state index contributed by atoms with van der Waals surface area (Å²) >= 11 is 0. The number of aryl methyl sites for hydroxylation is 1. The third-order valence-corrected chi connectivity index (χ3v) is 3.03. The van der Waals surface area contributed by atoms with Gasteiger partial charge in [0.2, 0.25) is 0 Å². The van der Waals surface area contributed by atoms with E-state index in [0.29, 0.717) is 12.0 Å². The predicted octanol–water partition coefficient (Wildman–Crippen LogP) is -0.283. The Balaban J connectivity index is 2.39. The molecule has 2 N–H and O–H groups in total. The van der Waals surface area contributed by atoms with Gasteiger partial charge in [-0.1, -0.05) is 6.92 Å². The summed E-state index contributed by atoms with van der Waals surface area (Å²) in [6.45, 7) is 1.47. The van der Waals surface area contributed by atoms with Crippen molar-refractivity contribution >= 4 is 0 Å². The number of alkyl halides is 1. The molecule has 1 aromatic rings. The second-order valence-corrected chi connectivity index (χ2v) is 4.26. The number of halogens is 1. The fourth-order valence-corrected chi connectivity index (χ4v) is 2.03. The summed E-state index contributed by atoms with van der Waals surface area (Å²) in [5.41, 5.74) is -0.785. The zero-order valence-electron chi connectivity index (χ0n) is 9.93. The molecule has 0 amide bonds. The summed E-state index contributed by atoms with van der Waals surface area (Å²) in [4.78, 5) is 25.2. The topological polar surface area (TPSA) is 84.3 Å². The zero-order chi connectivity index (χ0) is 13.3. The molecule has 6 nitrogen and oxygen atoms in total. The summed E-state index contributed by atoms with van der Waals surface area (Å²) in [7, 11) is 0. The van der Waals surface area contributed by atoms with Crippen LogP contribution in [0.3, 0.4) is 0 Å². The van der Waals surface area contributed by atoms with Crippen LogP contribution in [-0.4, -0.2) is 33.5 Å². The molecule has 1 saturated heterocycles. The molecular formula is C11H15FN2O4. The van der Waals surface area contributed by atoms with Crippen LogP contribution in [0.2, 0.25) is 0 Å². The second kappa shape index (κ2) is 5.03. The number of hydrogen-bond acceptors (Lipinski definition) is 4. The van der Waals surface area contributed by atoms with Crippen LogP contribution in [0.5, 0.6) is 0 Å². The van der Waals surface area contributed by atoms with Crippen molar-refractivity contribution in [3.8, 4) is 0 Å². The van der Waals surface area contributed by atoms with E-state index in [0.717, 1.165) is 4.57 Å². The van der Waals surface area contributed by atoms with E-state index in [9.17, 15) is 14.0 Å². The van der Waals surface area contributed by atoms with Crippen molar-refractivity contribution in [1.29, 1.82) is 0 Å². The number of nitrogens with zero attached hydrogens (tertiary/aromatic N) is 1. The van der Waals surface area contributed by atoms with Gasteiger partial charge >= 0.3 is 5.69 Å². The van der Waals surface area contributed by atoms with Gasteiger partial charge in [0.15, 0.2) is 6.23 Å². The van der Waals surface area contributed by atoms with E-state index >= 15 is 0 Å². The van der Waals surface area contributed by atoms with Crippen molar-refractivity contribution in [3.05, 3.63) is 32.6 Å². The van der Waals surface area contributed by atoms with Crippen LogP contribution >= 0.6 is 0 Å². The lowest BCUT2D eigenvalue weighted by Gasteiger charge is -2.16. The molecule has 0 aliphatic carbocycles. The van der Waals surface area contributed by atoms with Gasteiger partial charge in [-0.05, 0) is 6.42 Å². The van der Waals surface area contributed by atoms with Gasteiger partial charge in [0, 0.05) is 18.2 Å². The summed E-state index contributed by atoms with van der Waals surface area (Å²) in [5, 5.41) is 8.93. The lowest BCUT2D eigenvalue weighted by molar-refractivity contribution is -0.0395. The molecule has 0 spiro atoms. The molecule has 0 saturated carbocycles. The van der Waals surface area contributed by atoms with Crippen molar-refractivity contribution in [2.75, 3.05) is 6.61 Å². The van der Waals surface area contributed by atoms with Crippen molar-refractivity contribution < 1.29 is 14.2 Å². The molecule has 0 radical (unpaired) electrons. The van der Waals surface area contributed by atoms with Crippen LogP contribution in [0.4, 0.5) is 4.39 Å². The van der Waals surface area contributed by atoms with E-state index in [4.69, 9.17) is 9.84 Å². The summed E-state index contributed by atoms with van der Waals surface area (Å²) in [5.74, 6) is 0. The first-order valence-corrected chi connectivity index (χ1v) is 5.81. The minimum absolute atomic E-state index is 0.0359. The van der Waals surface area contributed by atoms with E-state index in [1.165, 1.54) is 6.20 Å². The van der Waals surface area contributed by atoms with Crippen LogP contribution in [0.15, 0.2) is 15.8 Å². The number of aromatic nitrogens is 2. The average Bonchev–Trinajstić information content (AvgIpc) is 2.71. The molecule has 100 valence electrons. The quantitative estimate of drug-likeness (QED) is 0.780. The van der Waals surface area contributed by atoms with Crippen LogP contribution in [0, 0.1) is 0 Å². The van der Waals surface area contributed by atoms with E-state index in [2.05, 4.69) is 4.98 Å². The fourth-order valence-electron chi connectivity index (χ4n) is 2.03. The summed E-state index contributed by atoms with van der Waals surface area (Å²) < 4.78 is 20.0. The Hall–Kier alpha value is -1.47. The number of aliphatic hydroxyl groups excluding tert-OH is 1. The molecular weight excluding hydrogens is 243 g/mol. The van der Waals surface area contributed by atoms with Crippen LogP contribution in [0.1, 0.15) is 25.1 Å². The van der Waals surface area contributed by atoms with E-state index < -0.39 is 29.8 Å². The lowest BCUT2D eigenvalue weighted by atomic mass is 10.2. The SMILES string of the molecule is CCc1cn([C@@H]2O[C@H](CO)C[C@H]2F)c(=O)[nH]c1=O. The molecule has 1 aliphatic heterocycles. The summed E-state index contributed by atoms with van der Waals surface area (Å²) in [6, 6.07) is 0. The molecule has 2 rings (SSSR count). The third kappa shape index (κ3) is 2.23. The highest BCUT2D eigenvalue weighted by molar-refractivity contribution is 5.05. The van der Waals surface area contributed by atoms with Gasteiger partial charge in [-0.25, -0.2) is 9.18 Å². The maximum absolute atomic E-state index is 13.7. The monoisotopic (exact) mass is 258 g/mol. The first-order valence-electron chi connectivity index (χ1n) is 5.81. The van der Waals surface area contributed by atoms with Crippen LogP contribution in [-0.2, 0) is 11.2 Å². The minimum Gasteiger partial charge on any atom is -0.394 e.